The summed E-state index contributed by atoms with van der Waals surface area (Å²) in [5, 5.41) is 18.3. The zero-order chi connectivity index (χ0) is 25.2. The van der Waals surface area contributed by atoms with Crippen LogP contribution in [0.15, 0.2) is 24.4 Å². The number of likely N-dealkylation sites (tertiary alicyclic amines) is 1. The van der Waals surface area contributed by atoms with Gasteiger partial charge in [0.25, 0.3) is 0 Å². The molecule has 0 spiro atoms. The van der Waals surface area contributed by atoms with Crippen molar-refractivity contribution in [2.45, 2.75) is 32.6 Å². The number of nitrogens with one attached hydrogen (secondary N) is 3. The Morgan fingerprint density at radius 3 is 2.63 bits per heavy atom. The van der Waals surface area contributed by atoms with Gasteiger partial charge >= 0.3 is 0 Å². The van der Waals surface area contributed by atoms with E-state index < -0.39 is 15.8 Å². The molecule has 1 aromatic carbocycles. The molecular weight excluding hydrogens is 495 g/mol. The number of rotatable bonds is 8. The van der Waals surface area contributed by atoms with E-state index in [-0.39, 0.29) is 23.3 Å². The maximum Gasteiger partial charge on any atom is 0.229 e. The predicted molar refractivity (Wildman–Crippen MR) is 134 cm³/mol. The van der Waals surface area contributed by atoms with Gasteiger partial charge in [0, 0.05) is 18.3 Å². The van der Waals surface area contributed by atoms with E-state index in [2.05, 4.69) is 35.7 Å². The molecule has 13 heteroatoms. The molecule has 35 heavy (non-hydrogen) atoms. The zero-order valence-corrected chi connectivity index (χ0v) is 21.0. The Kier molecular flexibility index (Phi) is 7.55. The van der Waals surface area contributed by atoms with Gasteiger partial charge in [0.2, 0.25) is 16.0 Å². The first-order chi connectivity index (χ1) is 16.6. The summed E-state index contributed by atoms with van der Waals surface area (Å²) < 4.78 is 37.5. The number of hydrogen-bond acceptors (Lipinski definition) is 8. The molecule has 0 aliphatic carbocycles. The lowest BCUT2D eigenvalue weighted by Gasteiger charge is -2.32. The van der Waals surface area contributed by atoms with Crippen LogP contribution in [0.5, 0.6) is 0 Å². The summed E-state index contributed by atoms with van der Waals surface area (Å²) in [5.74, 6) is 0.826. The normalized spacial score (nSPS) is 15.3. The number of nitrogens with zero attached hydrogens (tertiary/aromatic N) is 4. The van der Waals surface area contributed by atoms with E-state index in [1.54, 1.807) is 18.2 Å². The van der Waals surface area contributed by atoms with Crippen LogP contribution in [0.2, 0.25) is 5.02 Å². The molecule has 0 bridgehead atoms. The molecule has 0 amide bonds. The molecule has 1 fully saturated rings. The first-order valence-corrected chi connectivity index (χ1v) is 13.3. The van der Waals surface area contributed by atoms with Gasteiger partial charge in [-0.15, -0.1) is 0 Å². The second-order valence-electron chi connectivity index (χ2n) is 8.75. The molecule has 0 unspecified atom stereocenters. The number of benzene rings is 1. The highest BCUT2D eigenvalue weighted by atomic mass is 35.5. The summed E-state index contributed by atoms with van der Waals surface area (Å²) in [7, 11) is -3.48. The van der Waals surface area contributed by atoms with Gasteiger partial charge in [0.15, 0.2) is 11.6 Å². The van der Waals surface area contributed by atoms with Crippen LogP contribution in [0.4, 0.5) is 27.7 Å². The highest BCUT2D eigenvalue weighted by molar-refractivity contribution is 7.89. The van der Waals surface area contributed by atoms with Gasteiger partial charge in [-0.3, -0.25) is 5.10 Å². The van der Waals surface area contributed by atoms with Crippen LogP contribution in [0.1, 0.15) is 35.6 Å². The van der Waals surface area contributed by atoms with Crippen molar-refractivity contribution in [1.82, 2.24) is 25.1 Å². The molecule has 1 aliphatic heterocycles. The number of hydrogen-bond donors (Lipinski definition) is 4. The lowest BCUT2D eigenvalue weighted by Crippen LogP contribution is -2.37. The molecule has 5 N–H and O–H groups in total. The summed E-state index contributed by atoms with van der Waals surface area (Å²) in [5.41, 5.74) is 3.05. The van der Waals surface area contributed by atoms with Gasteiger partial charge in [0.1, 0.15) is 10.8 Å². The Bertz CT molecular complexity index is 1310. The Morgan fingerprint density at radius 1 is 1.23 bits per heavy atom. The number of aromatic nitrogens is 4. The fourth-order valence-corrected chi connectivity index (χ4v) is 4.85. The molecule has 10 nitrogen and oxygen atoms in total. The Hall–Kier alpha value is -2.80. The van der Waals surface area contributed by atoms with E-state index in [9.17, 15) is 8.42 Å². The topological polar surface area (TPSA) is 142 Å². The summed E-state index contributed by atoms with van der Waals surface area (Å²) in [4.78, 5) is 10.6. The molecule has 1 saturated heterocycles. The molecule has 2 aromatic heterocycles. The third-order valence-corrected chi connectivity index (χ3v) is 7.05. The second-order valence-corrected chi connectivity index (χ2v) is 10.9. The molecule has 0 atom stereocenters. The van der Waals surface area contributed by atoms with Crippen molar-refractivity contribution >= 4 is 44.9 Å². The minimum atomic E-state index is -3.48. The van der Waals surface area contributed by atoms with Crippen molar-refractivity contribution in [1.29, 1.82) is 0 Å². The lowest BCUT2D eigenvalue weighted by molar-refractivity contribution is 0.223. The van der Waals surface area contributed by atoms with E-state index in [1.165, 1.54) is 6.20 Å². The van der Waals surface area contributed by atoms with Crippen LogP contribution in [0.25, 0.3) is 0 Å². The van der Waals surface area contributed by atoms with Crippen molar-refractivity contribution in [3.8, 4) is 0 Å². The fourth-order valence-electron chi connectivity index (χ4n) is 4.20. The Labute approximate surface area is 208 Å². The van der Waals surface area contributed by atoms with Crippen LogP contribution < -0.4 is 15.8 Å². The molecule has 3 heterocycles. The number of anilines is 4. The third kappa shape index (κ3) is 6.66. The number of primary sulfonamides is 1. The highest BCUT2D eigenvalue weighted by Gasteiger charge is 2.24. The van der Waals surface area contributed by atoms with Gasteiger partial charge in [-0.05, 0) is 69.0 Å². The molecule has 188 valence electrons. The predicted octanol–water partition coefficient (Wildman–Crippen LogP) is 3.56. The smallest absolute Gasteiger partial charge is 0.229 e. The van der Waals surface area contributed by atoms with E-state index >= 15 is 4.39 Å². The molecule has 0 saturated carbocycles. The van der Waals surface area contributed by atoms with E-state index in [0.717, 1.165) is 42.8 Å². The number of aromatic amines is 1. The van der Waals surface area contributed by atoms with Crippen molar-refractivity contribution in [3.63, 3.8) is 0 Å². The van der Waals surface area contributed by atoms with E-state index in [1.807, 2.05) is 13.8 Å². The Morgan fingerprint density at radius 2 is 1.97 bits per heavy atom. The summed E-state index contributed by atoms with van der Waals surface area (Å²) in [6.07, 6.45) is 3.07. The standard InChI is InChI=1S/C22H28ClFN8O2S/c1-13-9-19(27-22-26-12-17(23)21(29-22)28-20-10-14(2)30-31-20)18(24)11-16(13)15-3-5-32(6-4-15)7-8-35(25,33)34/h9-12,15H,3-8H2,1-2H3,(H2,25,33,34)(H3,26,27,28,29,30,31). The molecule has 4 rings (SSSR count). The number of sulfonamides is 1. The second kappa shape index (κ2) is 10.4. The zero-order valence-electron chi connectivity index (χ0n) is 19.5. The summed E-state index contributed by atoms with van der Waals surface area (Å²) in [6, 6.07) is 5.11. The van der Waals surface area contributed by atoms with Crippen LogP contribution in [-0.2, 0) is 10.0 Å². The van der Waals surface area contributed by atoms with Gasteiger partial charge in [-0.25, -0.2) is 22.9 Å². The molecule has 0 radical (unpaired) electrons. The van der Waals surface area contributed by atoms with Crippen LogP contribution >= 0.6 is 11.6 Å². The van der Waals surface area contributed by atoms with Gasteiger partial charge in [-0.1, -0.05) is 11.6 Å². The lowest BCUT2D eigenvalue weighted by atomic mass is 9.86. The van der Waals surface area contributed by atoms with Crippen LogP contribution in [0, 0.1) is 19.7 Å². The minimum absolute atomic E-state index is 0.0585. The minimum Gasteiger partial charge on any atom is -0.322 e. The summed E-state index contributed by atoms with van der Waals surface area (Å²) in [6.45, 7) is 5.72. The van der Waals surface area contributed by atoms with Gasteiger partial charge < -0.3 is 15.5 Å². The molecular formula is C22H28ClFN8O2S. The maximum atomic E-state index is 15.1. The maximum absolute atomic E-state index is 15.1. The van der Waals surface area contributed by atoms with Crippen molar-refractivity contribution in [2.75, 3.05) is 36.0 Å². The van der Waals surface area contributed by atoms with Gasteiger partial charge in [-0.2, -0.15) is 10.1 Å². The first-order valence-electron chi connectivity index (χ1n) is 11.2. The monoisotopic (exact) mass is 522 g/mol. The van der Waals surface area contributed by atoms with E-state index in [4.69, 9.17) is 16.7 Å². The van der Waals surface area contributed by atoms with Crippen LogP contribution in [-0.4, -0.2) is 58.9 Å². The highest BCUT2D eigenvalue weighted by Crippen LogP contribution is 2.34. The average Bonchev–Trinajstić information content (AvgIpc) is 3.21. The Balaban J connectivity index is 1.43. The summed E-state index contributed by atoms with van der Waals surface area (Å²) >= 11 is 6.20. The number of piperidine rings is 1. The molecule has 1 aliphatic rings. The number of halogens is 2. The SMILES string of the molecule is Cc1cc(Nc2nc(Nc3cc(C)c(C4CCN(CCS(N)(=O)=O)CC4)cc3F)ncc2Cl)n[nH]1. The first kappa shape index (κ1) is 25.3. The number of aryl methyl sites for hydroxylation is 2. The number of H-pyrrole nitrogens is 1. The molecule has 3 aromatic rings. The van der Waals surface area contributed by atoms with E-state index in [0.29, 0.717) is 23.2 Å². The fraction of sp³-hybridized carbons (Fsp3) is 0.409. The average molecular weight is 523 g/mol. The third-order valence-electron chi connectivity index (χ3n) is 6.02. The van der Waals surface area contributed by atoms with Crippen molar-refractivity contribution < 1.29 is 12.8 Å². The number of nitrogens with two attached hydrogens (primary N) is 1. The van der Waals surface area contributed by atoms with Crippen LogP contribution in [0.3, 0.4) is 0 Å². The largest absolute Gasteiger partial charge is 0.322 e. The van der Waals surface area contributed by atoms with Crippen molar-refractivity contribution in [3.05, 3.63) is 52.1 Å². The van der Waals surface area contributed by atoms with Gasteiger partial charge in [0.05, 0.1) is 17.6 Å². The van der Waals surface area contributed by atoms with Crippen molar-refractivity contribution in [2.24, 2.45) is 5.14 Å². The quantitative estimate of drug-likeness (QED) is 0.352.